The first-order chi connectivity index (χ1) is 12.5. The van der Waals surface area contributed by atoms with Crippen LogP contribution in [0.2, 0.25) is 0 Å². The number of aromatic amines is 1. The van der Waals surface area contributed by atoms with Crippen molar-refractivity contribution in [3.8, 4) is 0 Å². The number of aromatic nitrogens is 3. The van der Waals surface area contributed by atoms with E-state index in [2.05, 4.69) is 28.7 Å². The van der Waals surface area contributed by atoms with Crippen LogP contribution in [0.5, 0.6) is 0 Å². The number of imidazole rings is 1. The van der Waals surface area contributed by atoms with Crippen LogP contribution >= 0.6 is 11.3 Å². The summed E-state index contributed by atoms with van der Waals surface area (Å²) in [5.74, 6) is 0.928. The molecule has 0 aromatic carbocycles. The Kier molecular flexibility index (Phi) is 3.57. The van der Waals surface area contributed by atoms with Gasteiger partial charge in [-0.2, -0.15) is 0 Å². The van der Waals surface area contributed by atoms with Gasteiger partial charge in [-0.25, -0.2) is 9.97 Å². The second-order valence-electron chi connectivity index (χ2n) is 7.41. The van der Waals surface area contributed by atoms with Crippen molar-refractivity contribution in [1.29, 1.82) is 0 Å². The maximum absolute atomic E-state index is 13.1. The van der Waals surface area contributed by atoms with Gasteiger partial charge in [-0.15, -0.1) is 0 Å². The number of nitrogens with one attached hydrogen (secondary N) is 1. The molecule has 3 aromatic heterocycles. The summed E-state index contributed by atoms with van der Waals surface area (Å²) < 4.78 is 11.6. The maximum atomic E-state index is 13.1. The molecule has 5 heterocycles. The van der Waals surface area contributed by atoms with E-state index in [0.717, 1.165) is 40.3 Å². The Bertz CT molecular complexity index is 1070. The van der Waals surface area contributed by atoms with Gasteiger partial charge < -0.3 is 19.4 Å². The first-order valence-electron chi connectivity index (χ1n) is 8.82. The molecule has 0 bridgehead atoms. The average Bonchev–Trinajstić information content (AvgIpc) is 3.09. The Morgan fingerprint density at radius 2 is 2.04 bits per heavy atom. The third-order valence-electron chi connectivity index (χ3n) is 5.13. The first kappa shape index (κ1) is 16.2. The average molecular weight is 372 g/mol. The summed E-state index contributed by atoms with van der Waals surface area (Å²) in [4.78, 5) is 29.0. The molecule has 1 N–H and O–H groups in total. The number of rotatable bonds is 1. The third-order valence-corrected chi connectivity index (χ3v) is 6.12. The molecule has 2 aliphatic heterocycles. The van der Waals surface area contributed by atoms with Crippen molar-refractivity contribution in [2.75, 3.05) is 31.2 Å². The van der Waals surface area contributed by atoms with Crippen molar-refractivity contribution in [2.45, 2.75) is 32.5 Å². The molecule has 0 amide bonds. The van der Waals surface area contributed by atoms with Crippen LogP contribution in [0.25, 0.3) is 20.6 Å². The zero-order valence-corrected chi connectivity index (χ0v) is 15.6. The van der Waals surface area contributed by atoms with Crippen LogP contribution < -0.4 is 10.3 Å². The van der Waals surface area contributed by atoms with Crippen LogP contribution in [0.15, 0.2) is 11.1 Å². The third kappa shape index (κ3) is 2.44. The highest BCUT2D eigenvalue weighted by Gasteiger charge is 2.33. The van der Waals surface area contributed by atoms with Crippen molar-refractivity contribution >= 4 is 37.7 Å². The summed E-state index contributed by atoms with van der Waals surface area (Å²) in [6, 6.07) is 0. The molecule has 1 fully saturated rings. The lowest BCUT2D eigenvalue weighted by molar-refractivity contribution is -0.0396. The van der Waals surface area contributed by atoms with Crippen LogP contribution in [0.1, 0.15) is 25.0 Å². The molecule has 1 saturated heterocycles. The van der Waals surface area contributed by atoms with Gasteiger partial charge in [-0.1, -0.05) is 11.3 Å². The zero-order chi connectivity index (χ0) is 17.9. The lowest BCUT2D eigenvalue weighted by Crippen LogP contribution is -2.39. The zero-order valence-electron chi connectivity index (χ0n) is 14.8. The van der Waals surface area contributed by atoms with Crippen LogP contribution in [-0.2, 0) is 22.5 Å². The number of nitrogens with zero attached hydrogens (tertiary/aromatic N) is 3. The molecule has 0 saturated carbocycles. The predicted molar refractivity (Wildman–Crippen MR) is 101 cm³/mol. The minimum atomic E-state index is -0.302. The van der Waals surface area contributed by atoms with Gasteiger partial charge in [0.05, 0.1) is 37.1 Å². The summed E-state index contributed by atoms with van der Waals surface area (Å²) in [5.41, 5.74) is 2.37. The van der Waals surface area contributed by atoms with Crippen LogP contribution in [0.4, 0.5) is 5.82 Å². The summed E-state index contributed by atoms with van der Waals surface area (Å²) >= 11 is 1.47. The summed E-state index contributed by atoms with van der Waals surface area (Å²) in [6.45, 7) is 7.59. The molecule has 0 aliphatic carbocycles. The minimum Gasteiger partial charge on any atom is -0.378 e. The van der Waals surface area contributed by atoms with Gasteiger partial charge in [-0.05, 0) is 19.4 Å². The second-order valence-corrected chi connectivity index (χ2v) is 8.39. The van der Waals surface area contributed by atoms with E-state index in [-0.39, 0.29) is 11.0 Å². The fraction of sp³-hybridized carbons (Fsp3) is 0.500. The van der Waals surface area contributed by atoms with E-state index in [1.807, 2.05) is 0 Å². The monoisotopic (exact) mass is 372 g/mol. The van der Waals surface area contributed by atoms with Gasteiger partial charge in [0.15, 0.2) is 0 Å². The van der Waals surface area contributed by atoms with E-state index in [9.17, 15) is 4.79 Å². The summed E-state index contributed by atoms with van der Waals surface area (Å²) in [7, 11) is 0. The molecule has 0 atom stereocenters. The smallest absolute Gasteiger partial charge is 0.215 e. The first-order valence-corrected chi connectivity index (χ1v) is 9.63. The van der Waals surface area contributed by atoms with E-state index in [1.54, 1.807) is 6.33 Å². The predicted octanol–water partition coefficient (Wildman–Crippen LogP) is 2.22. The molecule has 0 spiro atoms. The Balaban J connectivity index is 1.84. The Hall–Kier alpha value is -2.03. The Labute approximate surface area is 154 Å². The lowest BCUT2D eigenvalue weighted by atomic mass is 9.90. The molecule has 0 radical (unpaired) electrons. The van der Waals surface area contributed by atoms with E-state index in [4.69, 9.17) is 14.5 Å². The molecule has 3 aromatic rings. The number of hydrogen-bond donors (Lipinski definition) is 1. The van der Waals surface area contributed by atoms with Crippen molar-refractivity contribution in [3.63, 3.8) is 0 Å². The number of ether oxygens (including phenoxy) is 2. The van der Waals surface area contributed by atoms with E-state index in [0.29, 0.717) is 36.6 Å². The van der Waals surface area contributed by atoms with Crippen LogP contribution in [0.3, 0.4) is 0 Å². The van der Waals surface area contributed by atoms with Gasteiger partial charge >= 0.3 is 0 Å². The molecule has 8 heteroatoms. The van der Waals surface area contributed by atoms with Gasteiger partial charge in [0.25, 0.3) is 0 Å². The lowest BCUT2D eigenvalue weighted by Gasteiger charge is -2.36. The van der Waals surface area contributed by atoms with Gasteiger partial charge in [0, 0.05) is 25.1 Å². The Morgan fingerprint density at radius 3 is 2.85 bits per heavy atom. The molecule has 26 heavy (non-hydrogen) atoms. The summed E-state index contributed by atoms with van der Waals surface area (Å²) in [5, 5.41) is 0.718. The standard InChI is InChI=1S/C18H20N4O3S/c1-18(2)7-10-11(8-25-18)15(22-3-5-24-6-4-22)21-16-12(10)14(23)13-17(26-16)20-9-19-13/h9H,3-8H2,1-2H3,(H,19,20). The fourth-order valence-electron chi connectivity index (χ4n) is 3.81. The van der Waals surface area contributed by atoms with Gasteiger partial charge in [0.1, 0.15) is 21.0 Å². The van der Waals surface area contributed by atoms with E-state index >= 15 is 0 Å². The van der Waals surface area contributed by atoms with Crippen LogP contribution in [-0.4, -0.2) is 46.9 Å². The number of morpholine rings is 1. The number of H-pyrrole nitrogens is 1. The molecule has 136 valence electrons. The van der Waals surface area contributed by atoms with E-state index in [1.165, 1.54) is 11.3 Å². The highest BCUT2D eigenvalue weighted by atomic mass is 32.1. The van der Waals surface area contributed by atoms with Crippen molar-refractivity contribution in [1.82, 2.24) is 15.0 Å². The number of hydrogen-bond acceptors (Lipinski definition) is 7. The number of anilines is 1. The molecular weight excluding hydrogens is 352 g/mol. The second kappa shape index (κ2) is 5.73. The Morgan fingerprint density at radius 1 is 1.23 bits per heavy atom. The molecule has 5 rings (SSSR count). The number of pyridine rings is 1. The fourth-order valence-corrected chi connectivity index (χ4v) is 4.80. The minimum absolute atomic E-state index is 0.0128. The quantitative estimate of drug-likeness (QED) is 0.706. The maximum Gasteiger partial charge on any atom is 0.215 e. The van der Waals surface area contributed by atoms with Crippen molar-refractivity contribution in [3.05, 3.63) is 27.7 Å². The largest absolute Gasteiger partial charge is 0.378 e. The molecule has 0 unspecified atom stereocenters. The molecule has 2 aliphatic rings. The molecular formula is C18H20N4O3S. The highest BCUT2D eigenvalue weighted by molar-refractivity contribution is 7.23. The number of fused-ring (bicyclic) bond motifs is 4. The highest BCUT2D eigenvalue weighted by Crippen LogP contribution is 2.38. The van der Waals surface area contributed by atoms with Crippen molar-refractivity contribution < 1.29 is 9.47 Å². The SMILES string of the molecule is CC1(C)Cc2c(c(N3CCOCC3)nc3sc4nc[nH]c4c(=O)c23)CO1. The van der Waals surface area contributed by atoms with Gasteiger partial charge in [0.2, 0.25) is 5.43 Å². The topological polar surface area (TPSA) is 80.3 Å². The van der Waals surface area contributed by atoms with E-state index < -0.39 is 0 Å². The summed E-state index contributed by atoms with van der Waals surface area (Å²) in [6.07, 6.45) is 2.27. The van der Waals surface area contributed by atoms with Crippen molar-refractivity contribution in [2.24, 2.45) is 0 Å². The normalized spacial score (nSPS) is 19.8. The van der Waals surface area contributed by atoms with Crippen LogP contribution in [0, 0.1) is 0 Å². The molecule has 7 nitrogen and oxygen atoms in total. The van der Waals surface area contributed by atoms with Gasteiger partial charge in [-0.3, -0.25) is 4.79 Å².